The highest BCUT2D eigenvalue weighted by atomic mass is 16.5. The number of ketones is 1. The van der Waals surface area contributed by atoms with Gasteiger partial charge >= 0.3 is 0 Å². The fraction of sp³-hybridized carbons (Fsp3) is 0.400. The quantitative estimate of drug-likeness (QED) is 0.386. The summed E-state index contributed by atoms with van der Waals surface area (Å²) < 4.78 is 7.45. The topological polar surface area (TPSA) is 73.2 Å². The zero-order valence-electron chi connectivity index (χ0n) is 18.0. The predicted octanol–water partition coefficient (Wildman–Crippen LogP) is 4.55. The minimum Gasteiger partial charge on any atom is -0.382 e. The van der Waals surface area contributed by atoms with Crippen molar-refractivity contribution < 1.29 is 14.3 Å². The van der Waals surface area contributed by atoms with Crippen LogP contribution in [-0.2, 0) is 28.9 Å². The van der Waals surface area contributed by atoms with Crippen LogP contribution in [0.1, 0.15) is 54.1 Å². The average molecular weight is 420 g/mol. The number of fused-ring (bicyclic) bond motifs is 2. The van der Waals surface area contributed by atoms with Crippen molar-refractivity contribution in [1.29, 1.82) is 0 Å². The Morgan fingerprint density at radius 2 is 1.94 bits per heavy atom. The molecule has 0 radical (unpaired) electrons. The minimum absolute atomic E-state index is 0.00932. The molecule has 6 heteroatoms. The Bertz CT molecular complexity index is 1090. The van der Waals surface area contributed by atoms with Gasteiger partial charge in [0.1, 0.15) is 0 Å². The molecule has 31 heavy (non-hydrogen) atoms. The molecule has 0 unspecified atom stereocenters. The highest BCUT2D eigenvalue weighted by molar-refractivity contribution is 6.00. The Labute approximate surface area is 182 Å². The summed E-state index contributed by atoms with van der Waals surface area (Å²) in [6.45, 7) is 4.02. The number of anilines is 1. The van der Waals surface area contributed by atoms with E-state index in [1.807, 2.05) is 47.9 Å². The summed E-state index contributed by atoms with van der Waals surface area (Å²) in [7, 11) is 0. The monoisotopic (exact) mass is 419 g/mol. The number of carbonyl (C=O) groups excluding carboxylic acids is 2. The second kappa shape index (κ2) is 9.88. The molecule has 6 nitrogen and oxygen atoms in total. The summed E-state index contributed by atoms with van der Waals surface area (Å²) in [5, 5.41) is 2.91. The molecule has 1 heterocycles. The molecule has 0 fully saturated rings. The Kier molecular flexibility index (Phi) is 6.77. The Balaban J connectivity index is 1.39. The second-order valence-corrected chi connectivity index (χ2v) is 7.93. The van der Waals surface area contributed by atoms with Crippen LogP contribution in [0.25, 0.3) is 11.0 Å². The molecule has 4 rings (SSSR count). The van der Waals surface area contributed by atoms with Gasteiger partial charge in [-0.2, -0.15) is 0 Å². The number of nitrogens with one attached hydrogen (secondary N) is 1. The Morgan fingerprint density at radius 1 is 1.10 bits per heavy atom. The van der Waals surface area contributed by atoms with Crippen molar-refractivity contribution in [2.45, 2.75) is 52.0 Å². The van der Waals surface area contributed by atoms with Crippen LogP contribution < -0.4 is 5.32 Å². The van der Waals surface area contributed by atoms with Crippen molar-refractivity contribution in [2.75, 3.05) is 18.5 Å². The van der Waals surface area contributed by atoms with Gasteiger partial charge in [-0.3, -0.25) is 14.9 Å². The molecule has 0 saturated carbocycles. The number of nitrogens with zero attached hydrogens (tertiary/aromatic N) is 2. The van der Waals surface area contributed by atoms with E-state index < -0.39 is 0 Å². The molecule has 0 bridgehead atoms. The molecule has 1 amide bonds. The van der Waals surface area contributed by atoms with Crippen LogP contribution in [0.15, 0.2) is 42.5 Å². The second-order valence-electron chi connectivity index (χ2n) is 7.93. The number of aryl methyl sites for hydroxylation is 3. The number of amides is 1. The summed E-state index contributed by atoms with van der Waals surface area (Å²) >= 11 is 0. The van der Waals surface area contributed by atoms with Crippen LogP contribution in [0.5, 0.6) is 0 Å². The fourth-order valence-corrected chi connectivity index (χ4v) is 4.17. The Hall–Kier alpha value is -2.99. The molecular formula is C25H29N3O3. The third kappa shape index (κ3) is 5.02. The lowest BCUT2D eigenvalue weighted by Gasteiger charge is -2.10. The van der Waals surface area contributed by atoms with Gasteiger partial charge in [0, 0.05) is 38.2 Å². The van der Waals surface area contributed by atoms with Gasteiger partial charge in [-0.05, 0) is 61.9 Å². The molecule has 0 saturated heterocycles. The van der Waals surface area contributed by atoms with Crippen molar-refractivity contribution in [3.63, 3.8) is 0 Å². The number of benzene rings is 2. The van der Waals surface area contributed by atoms with Crippen LogP contribution in [0, 0.1) is 0 Å². The molecule has 0 atom stereocenters. The number of rotatable bonds is 10. The van der Waals surface area contributed by atoms with Crippen LogP contribution in [0.4, 0.5) is 5.95 Å². The standard InChI is InChI=1S/C25H29N3O3/c1-2-31-16-6-15-28-22-10-4-3-9-21(22)26-25(28)27-24(30)14-13-23(29)20-12-11-18-7-5-8-19(18)17-20/h3-4,9-12,17H,2,5-8,13-16H2,1H3,(H,26,27,30). The van der Waals surface area contributed by atoms with E-state index in [1.54, 1.807) is 0 Å². The maximum atomic E-state index is 12.6. The average Bonchev–Trinajstić information content (AvgIpc) is 3.39. The van der Waals surface area contributed by atoms with Crippen molar-refractivity contribution in [2.24, 2.45) is 0 Å². The molecule has 1 aliphatic carbocycles. The van der Waals surface area contributed by atoms with Crippen LogP contribution in [-0.4, -0.2) is 34.5 Å². The van der Waals surface area contributed by atoms with Gasteiger partial charge in [0.15, 0.2) is 5.78 Å². The van der Waals surface area contributed by atoms with Crippen molar-refractivity contribution >= 4 is 28.7 Å². The van der Waals surface area contributed by atoms with Crippen LogP contribution in [0.3, 0.4) is 0 Å². The smallest absolute Gasteiger partial charge is 0.227 e. The number of para-hydroxylation sites is 2. The highest BCUT2D eigenvalue weighted by Gasteiger charge is 2.17. The van der Waals surface area contributed by atoms with Gasteiger partial charge in [-0.15, -0.1) is 0 Å². The summed E-state index contributed by atoms with van der Waals surface area (Å²) in [6, 6.07) is 13.8. The Morgan fingerprint density at radius 3 is 2.81 bits per heavy atom. The third-order valence-corrected chi connectivity index (χ3v) is 5.78. The van der Waals surface area contributed by atoms with E-state index in [0.717, 1.165) is 36.7 Å². The van der Waals surface area contributed by atoms with Gasteiger partial charge < -0.3 is 9.30 Å². The number of ether oxygens (including phenoxy) is 1. The number of imidazole rings is 1. The van der Waals surface area contributed by atoms with E-state index in [9.17, 15) is 9.59 Å². The number of Topliss-reactive ketones (excluding diaryl/α,β-unsaturated/α-hetero) is 1. The largest absolute Gasteiger partial charge is 0.382 e. The molecule has 162 valence electrons. The zero-order chi connectivity index (χ0) is 21.6. The lowest BCUT2D eigenvalue weighted by molar-refractivity contribution is -0.116. The summed E-state index contributed by atoms with van der Waals surface area (Å²) in [6.07, 6.45) is 4.44. The maximum absolute atomic E-state index is 12.6. The third-order valence-electron chi connectivity index (χ3n) is 5.78. The molecule has 3 aromatic rings. The molecule has 2 aromatic carbocycles. The highest BCUT2D eigenvalue weighted by Crippen LogP contribution is 2.24. The zero-order valence-corrected chi connectivity index (χ0v) is 18.0. The van der Waals surface area contributed by atoms with Crippen molar-refractivity contribution in [1.82, 2.24) is 9.55 Å². The van der Waals surface area contributed by atoms with E-state index in [-0.39, 0.29) is 24.5 Å². The lowest BCUT2D eigenvalue weighted by Crippen LogP contribution is -2.17. The SMILES string of the molecule is CCOCCCn1c(NC(=O)CCC(=O)c2ccc3c(c2)CCC3)nc2ccccc21. The lowest BCUT2D eigenvalue weighted by atomic mass is 10.0. The number of hydrogen-bond donors (Lipinski definition) is 1. The van der Waals surface area contributed by atoms with Crippen LogP contribution >= 0.6 is 0 Å². The minimum atomic E-state index is -0.198. The molecule has 1 aromatic heterocycles. The van der Waals surface area contributed by atoms with E-state index in [4.69, 9.17) is 4.74 Å². The number of carbonyl (C=O) groups is 2. The van der Waals surface area contributed by atoms with Gasteiger partial charge in [0.25, 0.3) is 0 Å². The predicted molar refractivity (Wildman–Crippen MR) is 122 cm³/mol. The van der Waals surface area contributed by atoms with Gasteiger partial charge in [0.05, 0.1) is 11.0 Å². The number of aromatic nitrogens is 2. The van der Waals surface area contributed by atoms with Crippen LogP contribution in [0.2, 0.25) is 0 Å². The summed E-state index contributed by atoms with van der Waals surface area (Å²) in [5.74, 6) is 0.332. The first-order valence-corrected chi connectivity index (χ1v) is 11.1. The van der Waals surface area contributed by atoms with Gasteiger partial charge in [-0.1, -0.05) is 24.3 Å². The van der Waals surface area contributed by atoms with E-state index in [1.165, 1.54) is 11.1 Å². The van der Waals surface area contributed by atoms with Crippen molar-refractivity contribution in [3.8, 4) is 0 Å². The maximum Gasteiger partial charge on any atom is 0.227 e. The normalized spacial score (nSPS) is 12.8. The first-order valence-electron chi connectivity index (χ1n) is 11.1. The summed E-state index contributed by atoms with van der Waals surface area (Å²) in [4.78, 5) is 29.8. The molecular weight excluding hydrogens is 390 g/mol. The first kappa shape index (κ1) is 21.2. The molecule has 1 N–H and O–H groups in total. The molecule has 1 aliphatic rings. The van der Waals surface area contributed by atoms with E-state index in [2.05, 4.69) is 16.4 Å². The van der Waals surface area contributed by atoms with E-state index in [0.29, 0.717) is 31.3 Å². The van der Waals surface area contributed by atoms with Crippen molar-refractivity contribution in [3.05, 3.63) is 59.2 Å². The van der Waals surface area contributed by atoms with Gasteiger partial charge in [-0.25, -0.2) is 4.98 Å². The van der Waals surface area contributed by atoms with Gasteiger partial charge in [0.2, 0.25) is 11.9 Å². The molecule has 0 aliphatic heterocycles. The fourth-order valence-electron chi connectivity index (χ4n) is 4.17. The summed E-state index contributed by atoms with van der Waals surface area (Å²) in [5.41, 5.74) is 5.14. The molecule has 0 spiro atoms. The number of hydrogen-bond acceptors (Lipinski definition) is 4. The first-order chi connectivity index (χ1) is 15.2. The van der Waals surface area contributed by atoms with E-state index >= 15 is 0 Å².